The Morgan fingerprint density at radius 2 is 1.93 bits per heavy atom. The second-order valence-corrected chi connectivity index (χ2v) is 5.92. The molecular formula is C19H18N2O6. The minimum Gasteiger partial charge on any atom is -0.450 e. The Balaban J connectivity index is 1.94. The fourth-order valence-corrected chi connectivity index (χ4v) is 2.81. The van der Waals surface area contributed by atoms with Crippen molar-refractivity contribution in [3.8, 4) is 11.5 Å². The summed E-state index contributed by atoms with van der Waals surface area (Å²) < 4.78 is 11.0. The second kappa shape index (κ2) is 8.41. The number of ether oxygens (including phenoxy) is 2. The average molecular weight is 370 g/mol. The molecule has 0 atom stereocenters. The number of carbonyl (C=O) groups excluding carboxylic acids is 2. The van der Waals surface area contributed by atoms with Gasteiger partial charge in [-0.15, -0.1) is 0 Å². The normalized spacial score (nSPS) is 13.9. The molecule has 1 heterocycles. The molecule has 140 valence electrons. The van der Waals surface area contributed by atoms with Crippen LogP contribution >= 0.6 is 0 Å². The van der Waals surface area contributed by atoms with Gasteiger partial charge in [0.2, 0.25) is 5.75 Å². The highest BCUT2D eigenvalue weighted by Gasteiger charge is 2.23. The first-order chi connectivity index (χ1) is 13.1. The second-order valence-electron chi connectivity index (χ2n) is 5.92. The molecule has 0 bridgehead atoms. The topological polar surface area (TPSA) is 99.0 Å². The maximum Gasteiger partial charge on any atom is 0.311 e. The van der Waals surface area contributed by atoms with Crippen molar-refractivity contribution in [2.75, 3.05) is 26.3 Å². The summed E-state index contributed by atoms with van der Waals surface area (Å²) in [6.07, 6.45) is 0.853. The third-order valence-electron chi connectivity index (χ3n) is 4.20. The van der Waals surface area contributed by atoms with E-state index in [9.17, 15) is 19.7 Å². The van der Waals surface area contributed by atoms with Gasteiger partial charge in [-0.2, -0.15) is 0 Å². The minimum atomic E-state index is -0.569. The summed E-state index contributed by atoms with van der Waals surface area (Å²) in [4.78, 5) is 35.9. The lowest BCUT2D eigenvalue weighted by atomic mass is 10.1. The quantitative estimate of drug-likeness (QED) is 0.440. The number of aldehydes is 1. The van der Waals surface area contributed by atoms with Crippen molar-refractivity contribution in [2.45, 2.75) is 6.42 Å². The van der Waals surface area contributed by atoms with Crippen molar-refractivity contribution < 1.29 is 24.0 Å². The Bertz CT molecular complexity index is 861. The molecule has 0 unspecified atom stereocenters. The number of hydrogen-bond acceptors (Lipinski definition) is 6. The lowest BCUT2D eigenvalue weighted by Crippen LogP contribution is -2.40. The van der Waals surface area contributed by atoms with Crippen LogP contribution in [0, 0.1) is 10.1 Å². The molecule has 2 aromatic rings. The minimum absolute atomic E-state index is 0.0440. The number of hydrogen-bond donors (Lipinski definition) is 0. The molecule has 8 heteroatoms. The van der Waals surface area contributed by atoms with E-state index in [0.29, 0.717) is 43.2 Å². The number of nitrogens with zero attached hydrogens (tertiary/aromatic N) is 2. The van der Waals surface area contributed by atoms with E-state index in [1.807, 2.05) is 0 Å². The van der Waals surface area contributed by atoms with Crippen LogP contribution < -0.4 is 4.74 Å². The molecule has 2 aromatic carbocycles. The number of para-hydroxylation sites is 1. The lowest BCUT2D eigenvalue weighted by molar-refractivity contribution is -0.385. The fourth-order valence-electron chi connectivity index (χ4n) is 2.81. The molecule has 1 amide bonds. The summed E-state index contributed by atoms with van der Waals surface area (Å²) in [5, 5.41) is 11.4. The van der Waals surface area contributed by atoms with Gasteiger partial charge in [-0.25, -0.2) is 0 Å². The number of rotatable bonds is 6. The first-order valence-corrected chi connectivity index (χ1v) is 8.45. The monoisotopic (exact) mass is 370 g/mol. The Labute approximate surface area is 155 Å². The summed E-state index contributed by atoms with van der Waals surface area (Å²) in [5.74, 6) is 0.0559. The van der Waals surface area contributed by atoms with E-state index in [2.05, 4.69) is 0 Å². The predicted molar refractivity (Wildman–Crippen MR) is 96.1 cm³/mol. The molecule has 3 rings (SSSR count). The highest BCUT2D eigenvalue weighted by Crippen LogP contribution is 2.34. The molecule has 27 heavy (non-hydrogen) atoms. The smallest absolute Gasteiger partial charge is 0.311 e. The summed E-state index contributed by atoms with van der Waals surface area (Å²) in [7, 11) is 0. The van der Waals surface area contributed by atoms with Crippen molar-refractivity contribution in [3.63, 3.8) is 0 Å². The van der Waals surface area contributed by atoms with Gasteiger partial charge in [0.1, 0.15) is 12.0 Å². The number of nitro benzene ring substituents is 1. The third kappa shape index (κ3) is 4.29. The van der Waals surface area contributed by atoms with E-state index in [1.165, 1.54) is 18.2 Å². The molecule has 0 spiro atoms. The maximum atomic E-state index is 12.7. The molecule has 0 aliphatic carbocycles. The number of benzene rings is 2. The van der Waals surface area contributed by atoms with Gasteiger partial charge in [-0.05, 0) is 12.1 Å². The van der Waals surface area contributed by atoms with Crippen molar-refractivity contribution in [3.05, 3.63) is 63.7 Å². The van der Waals surface area contributed by atoms with E-state index in [-0.39, 0.29) is 23.8 Å². The number of morpholine rings is 1. The molecule has 0 aromatic heterocycles. The van der Waals surface area contributed by atoms with Crippen LogP contribution in [0.5, 0.6) is 11.5 Å². The average Bonchev–Trinajstić information content (AvgIpc) is 2.69. The SMILES string of the molecule is O=CCc1ccccc1Oc1cc(C(=O)N2CCOCC2)ccc1[N+](=O)[O-]. The summed E-state index contributed by atoms with van der Waals surface area (Å²) in [6, 6.07) is 10.8. The highest BCUT2D eigenvalue weighted by atomic mass is 16.6. The molecular weight excluding hydrogens is 352 g/mol. The van der Waals surface area contributed by atoms with Gasteiger partial charge in [0.15, 0.2) is 0 Å². The molecule has 8 nitrogen and oxygen atoms in total. The first kappa shape index (κ1) is 18.5. The van der Waals surface area contributed by atoms with Gasteiger partial charge in [0.05, 0.1) is 18.1 Å². The van der Waals surface area contributed by atoms with Gasteiger partial charge in [-0.1, -0.05) is 18.2 Å². The zero-order valence-electron chi connectivity index (χ0n) is 14.5. The van der Waals surface area contributed by atoms with Crippen molar-refractivity contribution in [1.82, 2.24) is 4.90 Å². The van der Waals surface area contributed by atoms with Crippen LogP contribution in [-0.4, -0.2) is 48.3 Å². The molecule has 0 N–H and O–H groups in total. The highest BCUT2D eigenvalue weighted by molar-refractivity contribution is 5.95. The van der Waals surface area contributed by atoms with E-state index >= 15 is 0 Å². The van der Waals surface area contributed by atoms with Gasteiger partial charge in [-0.3, -0.25) is 14.9 Å². The van der Waals surface area contributed by atoms with Crippen LogP contribution in [0.25, 0.3) is 0 Å². The fraction of sp³-hybridized carbons (Fsp3) is 0.263. The Hall–Kier alpha value is -3.26. The van der Waals surface area contributed by atoms with E-state index in [4.69, 9.17) is 9.47 Å². The predicted octanol–water partition coefficient (Wildman–Crippen LogP) is 2.60. The van der Waals surface area contributed by atoms with E-state index < -0.39 is 4.92 Å². The number of carbonyl (C=O) groups is 2. The Kier molecular flexibility index (Phi) is 5.77. The number of amides is 1. The lowest BCUT2D eigenvalue weighted by Gasteiger charge is -2.27. The zero-order valence-corrected chi connectivity index (χ0v) is 14.5. The molecule has 1 saturated heterocycles. The molecule has 1 aliphatic rings. The Morgan fingerprint density at radius 3 is 2.63 bits per heavy atom. The first-order valence-electron chi connectivity index (χ1n) is 8.45. The number of nitro groups is 1. The summed E-state index contributed by atoms with van der Waals surface area (Å²) >= 11 is 0. The van der Waals surface area contributed by atoms with Gasteiger partial charge >= 0.3 is 5.69 Å². The maximum absolute atomic E-state index is 12.7. The largest absolute Gasteiger partial charge is 0.450 e. The summed E-state index contributed by atoms with van der Waals surface area (Å²) in [5.41, 5.74) is 0.645. The van der Waals surface area contributed by atoms with E-state index in [1.54, 1.807) is 29.2 Å². The van der Waals surface area contributed by atoms with E-state index in [0.717, 1.165) is 6.29 Å². The molecule has 0 saturated carbocycles. The van der Waals surface area contributed by atoms with Crippen LogP contribution in [0.1, 0.15) is 15.9 Å². The standard InChI is InChI=1S/C19H18N2O6/c22-10-7-14-3-1-2-4-17(14)27-18-13-15(5-6-16(18)21(24)25)19(23)20-8-11-26-12-9-20/h1-6,10,13H,7-9,11-12H2. The van der Waals surface area contributed by atoms with Crippen molar-refractivity contribution >= 4 is 17.9 Å². The zero-order chi connectivity index (χ0) is 19.2. The van der Waals surface area contributed by atoms with Gasteiger partial charge < -0.3 is 19.2 Å². The van der Waals surface area contributed by atoms with Crippen LogP contribution in [0.2, 0.25) is 0 Å². The van der Waals surface area contributed by atoms with Crippen molar-refractivity contribution in [1.29, 1.82) is 0 Å². The Morgan fingerprint density at radius 1 is 1.19 bits per heavy atom. The molecule has 0 radical (unpaired) electrons. The van der Waals surface area contributed by atoms with Crippen LogP contribution in [0.15, 0.2) is 42.5 Å². The van der Waals surface area contributed by atoms with Crippen LogP contribution in [0.4, 0.5) is 5.69 Å². The van der Waals surface area contributed by atoms with Crippen molar-refractivity contribution in [2.24, 2.45) is 0 Å². The molecule has 1 fully saturated rings. The van der Waals surface area contributed by atoms with Crippen LogP contribution in [-0.2, 0) is 16.0 Å². The van der Waals surface area contributed by atoms with Gasteiger partial charge in [0.25, 0.3) is 5.91 Å². The van der Waals surface area contributed by atoms with Crippen LogP contribution in [0.3, 0.4) is 0 Å². The third-order valence-corrected chi connectivity index (χ3v) is 4.20. The molecule has 1 aliphatic heterocycles. The van der Waals surface area contributed by atoms with Gasteiger partial charge in [0, 0.05) is 42.8 Å². The summed E-state index contributed by atoms with van der Waals surface area (Å²) in [6.45, 7) is 1.85.